The van der Waals surface area contributed by atoms with E-state index in [2.05, 4.69) is 0 Å². The van der Waals surface area contributed by atoms with Gasteiger partial charge in [0.25, 0.3) is 0 Å². The molecular formula is C7H9NO4. The fourth-order valence-corrected chi connectivity index (χ4v) is 1.70. The fourth-order valence-electron chi connectivity index (χ4n) is 1.70. The van der Waals surface area contributed by atoms with E-state index in [1.54, 1.807) is 0 Å². The van der Waals surface area contributed by atoms with Gasteiger partial charge < -0.3 is 9.84 Å². The molecule has 0 aromatic heterocycles. The van der Waals surface area contributed by atoms with Crippen LogP contribution in [0.5, 0.6) is 0 Å². The molecule has 2 aliphatic heterocycles. The molecule has 1 amide bonds. The van der Waals surface area contributed by atoms with Crippen LogP contribution >= 0.6 is 0 Å². The average Bonchev–Trinajstić information content (AvgIpc) is 2.28. The second-order valence-electron chi connectivity index (χ2n) is 3.09. The number of carbonyl (C=O) groups excluding carboxylic acids is 1. The van der Waals surface area contributed by atoms with E-state index in [9.17, 15) is 9.59 Å². The van der Waals surface area contributed by atoms with E-state index >= 15 is 0 Å². The van der Waals surface area contributed by atoms with Crippen molar-refractivity contribution in [2.24, 2.45) is 0 Å². The zero-order valence-corrected chi connectivity index (χ0v) is 6.40. The Morgan fingerprint density at radius 1 is 1.58 bits per heavy atom. The first kappa shape index (κ1) is 7.39. The average molecular weight is 171 g/mol. The van der Waals surface area contributed by atoms with Crippen LogP contribution in [0.2, 0.25) is 0 Å². The highest BCUT2D eigenvalue weighted by Crippen LogP contribution is 2.26. The summed E-state index contributed by atoms with van der Waals surface area (Å²) in [5.74, 6) is -0.938. The lowest BCUT2D eigenvalue weighted by molar-refractivity contribution is -0.142. The van der Waals surface area contributed by atoms with Crippen molar-refractivity contribution in [2.75, 3.05) is 6.54 Å². The molecule has 2 heterocycles. The summed E-state index contributed by atoms with van der Waals surface area (Å²) in [6.45, 7) is 0.440. The highest BCUT2D eigenvalue weighted by molar-refractivity contribution is 5.81. The van der Waals surface area contributed by atoms with Gasteiger partial charge in [0, 0.05) is 0 Å². The van der Waals surface area contributed by atoms with Crippen molar-refractivity contribution in [3.8, 4) is 0 Å². The lowest BCUT2D eigenvalue weighted by atomic mass is 10.0. The maximum atomic E-state index is 11.0. The monoisotopic (exact) mass is 171 g/mol. The van der Waals surface area contributed by atoms with E-state index in [0.29, 0.717) is 19.4 Å². The number of ether oxygens (including phenoxy) is 1. The number of nitrogens with zero attached hydrogens (tertiary/aromatic N) is 1. The summed E-state index contributed by atoms with van der Waals surface area (Å²) >= 11 is 0. The van der Waals surface area contributed by atoms with Crippen LogP contribution in [-0.4, -0.2) is 40.8 Å². The molecule has 2 fully saturated rings. The van der Waals surface area contributed by atoms with Gasteiger partial charge >= 0.3 is 12.1 Å². The third-order valence-electron chi connectivity index (χ3n) is 2.33. The van der Waals surface area contributed by atoms with Gasteiger partial charge in [-0.1, -0.05) is 0 Å². The molecule has 2 atom stereocenters. The van der Waals surface area contributed by atoms with Crippen molar-refractivity contribution in [3.05, 3.63) is 0 Å². The second kappa shape index (κ2) is 2.36. The van der Waals surface area contributed by atoms with Crippen LogP contribution < -0.4 is 0 Å². The van der Waals surface area contributed by atoms with Gasteiger partial charge in [0.15, 0.2) is 0 Å². The summed E-state index contributed by atoms with van der Waals surface area (Å²) in [5, 5.41) is 8.73. The summed E-state index contributed by atoms with van der Waals surface area (Å²) in [5.41, 5.74) is 0. The molecule has 2 bridgehead atoms. The van der Waals surface area contributed by atoms with Crippen LogP contribution in [-0.2, 0) is 9.53 Å². The molecule has 66 valence electrons. The Bertz CT molecular complexity index is 240. The van der Waals surface area contributed by atoms with Crippen molar-refractivity contribution < 1.29 is 19.4 Å². The van der Waals surface area contributed by atoms with E-state index in [4.69, 9.17) is 9.84 Å². The number of carboxylic acid groups (broad SMARTS) is 1. The molecule has 2 saturated heterocycles. The topological polar surface area (TPSA) is 66.8 Å². The van der Waals surface area contributed by atoms with Crippen LogP contribution in [0.25, 0.3) is 0 Å². The zero-order chi connectivity index (χ0) is 8.72. The summed E-state index contributed by atoms with van der Waals surface area (Å²) in [7, 11) is 0. The lowest BCUT2D eigenvalue weighted by Crippen LogP contribution is -2.44. The summed E-state index contributed by atoms with van der Waals surface area (Å²) in [6.07, 6.45) is 0.614. The number of carboxylic acids is 1. The van der Waals surface area contributed by atoms with Crippen molar-refractivity contribution in [3.63, 3.8) is 0 Å². The van der Waals surface area contributed by atoms with Gasteiger partial charge in [-0.3, -0.25) is 4.90 Å². The molecule has 0 aliphatic carbocycles. The number of fused-ring (bicyclic) bond motifs is 2. The van der Waals surface area contributed by atoms with Gasteiger partial charge in [-0.05, 0) is 12.8 Å². The number of piperidine rings is 1. The Labute approximate surface area is 68.9 Å². The van der Waals surface area contributed by atoms with E-state index in [1.165, 1.54) is 4.90 Å². The predicted molar refractivity (Wildman–Crippen MR) is 37.6 cm³/mol. The van der Waals surface area contributed by atoms with Crippen LogP contribution in [0.1, 0.15) is 12.8 Å². The third kappa shape index (κ3) is 0.929. The molecule has 0 spiro atoms. The smallest absolute Gasteiger partial charge is 0.410 e. The van der Waals surface area contributed by atoms with Crippen LogP contribution in [0.15, 0.2) is 0 Å². The molecular weight excluding hydrogens is 162 g/mol. The first-order valence-corrected chi connectivity index (χ1v) is 3.88. The first-order valence-electron chi connectivity index (χ1n) is 3.88. The SMILES string of the molecule is O=C(O)C1CC[C@@H]2CN1C(=O)O2. The van der Waals surface area contributed by atoms with Gasteiger partial charge in [-0.15, -0.1) is 0 Å². The maximum absolute atomic E-state index is 11.0. The molecule has 5 nitrogen and oxygen atoms in total. The number of rotatable bonds is 1. The summed E-state index contributed by atoms with van der Waals surface area (Å²) in [4.78, 5) is 22.9. The van der Waals surface area contributed by atoms with Crippen molar-refractivity contribution in [1.29, 1.82) is 0 Å². The number of aliphatic carboxylic acids is 1. The quantitative estimate of drug-likeness (QED) is 0.605. The van der Waals surface area contributed by atoms with Gasteiger partial charge in [0.1, 0.15) is 12.1 Å². The normalized spacial score (nSPS) is 33.3. The van der Waals surface area contributed by atoms with Crippen LogP contribution in [0.3, 0.4) is 0 Å². The molecule has 2 aliphatic rings. The molecule has 0 saturated carbocycles. The van der Waals surface area contributed by atoms with E-state index in [1.807, 2.05) is 0 Å². The Morgan fingerprint density at radius 2 is 2.33 bits per heavy atom. The second-order valence-corrected chi connectivity index (χ2v) is 3.09. The summed E-state index contributed by atoms with van der Waals surface area (Å²) in [6, 6.07) is -0.670. The largest absolute Gasteiger partial charge is 0.480 e. The zero-order valence-electron chi connectivity index (χ0n) is 6.40. The number of carbonyl (C=O) groups is 2. The number of hydrogen-bond donors (Lipinski definition) is 1. The molecule has 0 radical (unpaired) electrons. The lowest BCUT2D eigenvalue weighted by Gasteiger charge is -2.25. The van der Waals surface area contributed by atoms with Gasteiger partial charge in [0.05, 0.1) is 6.54 Å². The molecule has 1 unspecified atom stereocenters. The highest BCUT2D eigenvalue weighted by Gasteiger charge is 2.43. The Balaban J connectivity index is 2.18. The fraction of sp³-hybridized carbons (Fsp3) is 0.714. The van der Waals surface area contributed by atoms with Crippen molar-refractivity contribution in [1.82, 2.24) is 4.90 Å². The van der Waals surface area contributed by atoms with E-state index < -0.39 is 18.1 Å². The third-order valence-corrected chi connectivity index (χ3v) is 2.33. The van der Waals surface area contributed by atoms with E-state index in [0.717, 1.165) is 0 Å². The summed E-state index contributed by atoms with van der Waals surface area (Å²) < 4.78 is 4.89. The van der Waals surface area contributed by atoms with E-state index in [-0.39, 0.29) is 6.10 Å². The Kier molecular flexibility index (Phi) is 1.46. The number of amides is 1. The molecule has 2 rings (SSSR count). The first-order chi connectivity index (χ1) is 5.68. The molecule has 12 heavy (non-hydrogen) atoms. The number of hydrogen-bond acceptors (Lipinski definition) is 3. The Morgan fingerprint density at radius 3 is 3.00 bits per heavy atom. The van der Waals surface area contributed by atoms with Gasteiger partial charge in [0.2, 0.25) is 0 Å². The maximum Gasteiger partial charge on any atom is 0.410 e. The minimum atomic E-state index is -0.938. The Hall–Kier alpha value is -1.26. The minimum Gasteiger partial charge on any atom is -0.480 e. The standard InChI is InChI=1S/C7H9NO4/c9-6(10)5-2-1-4-3-8(5)7(11)12-4/h4-5H,1-3H2,(H,9,10)/t4-,5?/m1/s1. The van der Waals surface area contributed by atoms with Crippen molar-refractivity contribution in [2.45, 2.75) is 25.0 Å². The van der Waals surface area contributed by atoms with Gasteiger partial charge in [-0.25, -0.2) is 9.59 Å². The van der Waals surface area contributed by atoms with Crippen LogP contribution in [0, 0.1) is 0 Å². The van der Waals surface area contributed by atoms with Crippen LogP contribution in [0.4, 0.5) is 4.79 Å². The molecule has 1 N–H and O–H groups in total. The predicted octanol–water partition coefficient (Wildman–Crippen LogP) is 0.0542. The van der Waals surface area contributed by atoms with Crippen molar-refractivity contribution >= 4 is 12.1 Å². The molecule has 0 aromatic carbocycles. The molecule has 0 aromatic rings. The minimum absolute atomic E-state index is 0.0758. The van der Waals surface area contributed by atoms with Gasteiger partial charge in [-0.2, -0.15) is 0 Å². The molecule has 5 heteroatoms. The highest BCUT2D eigenvalue weighted by atomic mass is 16.6.